The number of nitrogens with zero attached hydrogens (tertiary/aromatic N) is 5. The molecule has 556 valence electrons. The Kier molecular flexibility index (Phi) is 13.4. The van der Waals surface area contributed by atoms with Crippen molar-refractivity contribution in [2.45, 2.75) is 0 Å². The molecule has 2 aliphatic heterocycles. The normalized spacial score (nSPS) is 13.4. The molecule has 6 heteroatoms. The molecule has 6 heterocycles. The summed E-state index contributed by atoms with van der Waals surface area (Å²) < 4.78 is 83.5. The van der Waals surface area contributed by atoms with Gasteiger partial charge >= 0.3 is 0 Å². The van der Waals surface area contributed by atoms with Gasteiger partial charge in [0.15, 0.2) is 0 Å². The molecule has 120 heavy (non-hydrogen) atoms. The van der Waals surface area contributed by atoms with Gasteiger partial charge in [-0.05, 0) is 198 Å². The van der Waals surface area contributed by atoms with Crippen molar-refractivity contribution in [3.63, 3.8) is 0 Å². The molecule has 23 aromatic rings. The fraction of sp³-hybridized carbons (Fsp3) is 0. The van der Waals surface area contributed by atoms with Crippen LogP contribution in [0.15, 0.2) is 437 Å². The summed E-state index contributed by atoms with van der Waals surface area (Å²) in [5.74, 6) is 0. The summed E-state index contributed by atoms with van der Waals surface area (Å²) in [5.41, 5.74) is 31.1. The lowest BCUT2D eigenvalue weighted by molar-refractivity contribution is 1.17. The van der Waals surface area contributed by atoms with Crippen molar-refractivity contribution in [2.24, 2.45) is 0 Å². The molecule has 19 aromatic carbocycles. The molecule has 0 saturated carbocycles. The molecule has 0 spiro atoms. The lowest BCUT2D eigenvalue weighted by Crippen LogP contribution is -2.61. The van der Waals surface area contributed by atoms with Gasteiger partial charge in [0, 0.05) is 99.5 Å². The van der Waals surface area contributed by atoms with Gasteiger partial charge in [-0.1, -0.05) is 321 Å². The van der Waals surface area contributed by atoms with E-state index in [4.69, 9.17) is 0 Å². The molecule has 0 radical (unpaired) electrons. The number of hydrogen-bond donors (Lipinski definition) is 0. The van der Waals surface area contributed by atoms with E-state index >= 15 is 0 Å². The molecule has 0 amide bonds. The number of fused-ring (bicyclic) bond motifs is 16. The van der Waals surface area contributed by atoms with Crippen molar-refractivity contribution in [1.82, 2.24) is 13.5 Å². The van der Waals surface area contributed by atoms with E-state index in [1.54, 1.807) is 4.57 Å². The van der Waals surface area contributed by atoms with Crippen molar-refractivity contribution in [1.29, 1.82) is 0 Å². The smallest absolute Gasteiger partial charge is 0.252 e. The molecule has 4 aromatic heterocycles. The fourth-order valence-corrected chi connectivity index (χ4v) is 19.9. The maximum Gasteiger partial charge on any atom is 0.252 e. The average molecular weight is 1530 g/mol. The van der Waals surface area contributed by atoms with E-state index in [0.29, 0.717) is 5.69 Å². The summed E-state index contributed by atoms with van der Waals surface area (Å²) in [6, 6.07) is 137. The summed E-state index contributed by atoms with van der Waals surface area (Å²) >= 11 is 0. The first-order chi connectivity index (χ1) is 62.9. The van der Waals surface area contributed by atoms with Crippen molar-refractivity contribution in [2.75, 3.05) is 9.80 Å². The summed E-state index contributed by atoms with van der Waals surface area (Å²) in [4.78, 5) is 5.07. The molecule has 0 saturated heterocycles. The van der Waals surface area contributed by atoms with E-state index < -0.39 is 43.0 Å². The van der Waals surface area contributed by atoms with Crippen LogP contribution in [0.1, 0.15) is 11.0 Å². The molecule has 0 atom stereocenters. The van der Waals surface area contributed by atoms with Gasteiger partial charge in [0.2, 0.25) is 0 Å². The second kappa shape index (κ2) is 26.9. The lowest BCUT2D eigenvalue weighted by atomic mass is 9.33. The third-order valence-electron chi connectivity index (χ3n) is 25.1. The van der Waals surface area contributed by atoms with E-state index in [9.17, 15) is 11.0 Å². The van der Waals surface area contributed by atoms with Gasteiger partial charge in [0.1, 0.15) is 0 Å². The van der Waals surface area contributed by atoms with Gasteiger partial charge < -0.3 is 23.3 Å². The van der Waals surface area contributed by atoms with Crippen LogP contribution in [-0.2, 0) is 0 Å². The predicted octanol–water partition coefficient (Wildman–Crippen LogP) is 28.4. The third-order valence-corrected chi connectivity index (χ3v) is 25.1. The zero-order valence-electron chi connectivity index (χ0n) is 72.8. The van der Waals surface area contributed by atoms with Gasteiger partial charge in [-0.3, -0.25) is 0 Å². The topological polar surface area (TPSA) is 20.8 Å². The van der Waals surface area contributed by atoms with E-state index in [-0.39, 0.29) is 33.9 Å². The monoisotopic (exact) mass is 1530 g/mol. The zero-order valence-corrected chi connectivity index (χ0v) is 64.8. The summed E-state index contributed by atoms with van der Waals surface area (Å²) in [5, 5.41) is 6.86. The Morgan fingerprint density at radius 1 is 0.208 bits per heavy atom. The average Bonchev–Trinajstić information content (AvgIpc) is 1.22. The van der Waals surface area contributed by atoms with Crippen molar-refractivity contribution >= 4 is 139 Å². The highest BCUT2D eigenvalue weighted by Crippen LogP contribution is 2.57. The molecule has 2 aliphatic rings. The molecule has 0 aliphatic carbocycles. The zero-order chi connectivity index (χ0) is 85.6. The standard InChI is InChI=1S/C114H72BN5/c1-8-31-73(32-9-1)82-65-93(75-35-12-3-13-36-75)113(94(66-82)76-37-14-4-15-38-76)119-107-69-81(79-56-61-105-97(63-79)90-48-25-28-53-103(90)116(105)85-43-20-7-21-44-85)55-59-99(107)115-100-60-58-86(117-101-51-26-22-45-87(101)88-46-23-27-52-102(88)117)72-108(100)120(114-95(77-39-16-5-17-40-77)67-83(74-33-10-2-11-34-74)68-96(114)78-41-18-6-19-42-78)110-71-84(70-109(119)111(110)115)80-57-62-106-98(64-80)92-50-30-49-91-89-47-24-29-54-104(89)118(106)112(91)92/h1-72H/i22D,23D,26D,27D,45D,46D,51D,52D. The largest absolute Gasteiger partial charge is 0.310 e. The van der Waals surface area contributed by atoms with Crippen molar-refractivity contribution < 1.29 is 11.0 Å². The second-order valence-electron chi connectivity index (χ2n) is 31.6. The Labute approximate surface area is 706 Å². The number of rotatable bonds is 12. The van der Waals surface area contributed by atoms with Gasteiger partial charge in [-0.25, -0.2) is 0 Å². The minimum atomic E-state index is -0.585. The van der Waals surface area contributed by atoms with E-state index in [1.165, 1.54) is 16.3 Å². The van der Waals surface area contributed by atoms with Crippen LogP contribution in [0, 0.1) is 0 Å². The highest BCUT2D eigenvalue weighted by molar-refractivity contribution is 7.00. The Morgan fingerprint density at radius 2 is 0.558 bits per heavy atom. The van der Waals surface area contributed by atoms with Crippen LogP contribution >= 0.6 is 0 Å². The Bertz CT molecular complexity index is 8400. The second-order valence-corrected chi connectivity index (χ2v) is 31.6. The molecule has 25 rings (SSSR count). The summed E-state index contributed by atoms with van der Waals surface area (Å²) in [6.07, 6.45) is 0. The van der Waals surface area contributed by atoms with E-state index in [0.717, 1.165) is 189 Å². The number of hydrogen-bond acceptors (Lipinski definition) is 2. The summed E-state index contributed by atoms with van der Waals surface area (Å²) in [6.45, 7) is -0.585. The predicted molar refractivity (Wildman–Crippen MR) is 507 cm³/mol. The van der Waals surface area contributed by atoms with Crippen molar-refractivity contribution in [3.8, 4) is 100 Å². The Hall–Kier alpha value is -15.8. The molecule has 0 unspecified atom stereocenters. The number of para-hydroxylation sites is 6. The Morgan fingerprint density at radius 3 is 1.08 bits per heavy atom. The van der Waals surface area contributed by atoms with Crippen LogP contribution in [0.5, 0.6) is 0 Å². The first-order valence-corrected chi connectivity index (χ1v) is 40.9. The first-order valence-electron chi connectivity index (χ1n) is 44.9. The molecule has 5 nitrogen and oxygen atoms in total. The fourth-order valence-electron chi connectivity index (χ4n) is 19.9. The molecule has 0 fully saturated rings. The van der Waals surface area contributed by atoms with Crippen molar-refractivity contribution in [3.05, 3.63) is 437 Å². The number of benzene rings is 19. The van der Waals surface area contributed by atoms with Gasteiger partial charge in [-0.15, -0.1) is 0 Å². The van der Waals surface area contributed by atoms with Crippen LogP contribution in [0.3, 0.4) is 0 Å². The minimum Gasteiger partial charge on any atom is -0.310 e. The maximum atomic E-state index is 10.0. The van der Waals surface area contributed by atoms with Crippen LogP contribution in [0.25, 0.3) is 182 Å². The molecular weight excluding hydrogens is 1450 g/mol. The quantitative estimate of drug-likeness (QED) is 0.114. The number of anilines is 6. The summed E-state index contributed by atoms with van der Waals surface area (Å²) in [7, 11) is 0. The Balaban J connectivity index is 0.871. The van der Waals surface area contributed by atoms with Gasteiger partial charge in [-0.2, -0.15) is 0 Å². The third kappa shape index (κ3) is 10.3. The van der Waals surface area contributed by atoms with Crippen LogP contribution < -0.4 is 26.2 Å². The van der Waals surface area contributed by atoms with Crippen LogP contribution in [0.4, 0.5) is 34.1 Å². The minimum absolute atomic E-state index is 0.00676. The van der Waals surface area contributed by atoms with E-state index in [2.05, 4.69) is 401 Å². The van der Waals surface area contributed by atoms with Crippen LogP contribution in [0.2, 0.25) is 0 Å². The van der Waals surface area contributed by atoms with E-state index in [1.807, 2.05) is 6.07 Å². The number of aromatic nitrogens is 3. The maximum absolute atomic E-state index is 10.0. The van der Waals surface area contributed by atoms with Crippen LogP contribution in [-0.4, -0.2) is 20.2 Å². The highest BCUT2D eigenvalue weighted by Gasteiger charge is 2.46. The molecule has 0 N–H and O–H groups in total. The first kappa shape index (κ1) is 59.9. The highest BCUT2D eigenvalue weighted by atomic mass is 15.2. The van der Waals surface area contributed by atoms with Gasteiger partial charge in [0.05, 0.1) is 61.0 Å². The molecule has 0 bridgehead atoms. The lowest BCUT2D eigenvalue weighted by Gasteiger charge is -2.46. The van der Waals surface area contributed by atoms with Gasteiger partial charge in [0.25, 0.3) is 6.71 Å². The molecular formula is C114H72BN5. The SMILES string of the molecule is [2H]c1c([2H])c([2H])c2c(c1[2H])c1c([2H])c([2H])c([2H])c([2H])c1n2-c1ccc2c(c1)N(c1c(-c3ccccc3)cc(-c3ccccc3)cc1-c1ccccc1)c1cc(-c3ccc4c(c3)c3cccc5c6ccccc6n4c53)cc3c1B2c1ccc(-c2ccc4c(c2)c2ccccc2n4-c2ccccc2)cc1N3c1c(-c2ccccc2)cc(-c2ccccc2)cc1-c1ccccc1.